The molecule has 2 aliphatic heterocycles. The highest BCUT2D eigenvalue weighted by Gasteiger charge is 2.50. The van der Waals surface area contributed by atoms with Gasteiger partial charge >= 0.3 is 5.97 Å². The summed E-state index contributed by atoms with van der Waals surface area (Å²) in [6, 6.07) is 14.2. The molecular weight excluding hydrogens is 508 g/mol. The Balaban J connectivity index is 1.28. The molecule has 3 fully saturated rings. The minimum Gasteiger partial charge on any atom is -0.496 e. The highest BCUT2D eigenvalue weighted by molar-refractivity contribution is 5.98. The summed E-state index contributed by atoms with van der Waals surface area (Å²) in [6.45, 7) is 3.62. The van der Waals surface area contributed by atoms with Crippen LogP contribution in [0.2, 0.25) is 0 Å². The Morgan fingerprint density at radius 3 is 2.60 bits per heavy atom. The number of aromatic amines is 1. The molecular formula is C31H34N4O5. The highest BCUT2D eigenvalue weighted by Crippen LogP contribution is 2.56. The van der Waals surface area contributed by atoms with Gasteiger partial charge in [0, 0.05) is 46.7 Å². The molecule has 3 aromatic rings. The van der Waals surface area contributed by atoms with Gasteiger partial charge in [-0.3, -0.25) is 9.69 Å². The minimum absolute atomic E-state index is 0.0359. The zero-order chi connectivity index (χ0) is 28.1. The summed E-state index contributed by atoms with van der Waals surface area (Å²) < 4.78 is 10.9. The first kappa shape index (κ1) is 26.4. The summed E-state index contributed by atoms with van der Waals surface area (Å²) in [5.41, 5.74) is 3.72. The van der Waals surface area contributed by atoms with E-state index in [1.165, 1.54) is 0 Å². The van der Waals surface area contributed by atoms with E-state index in [4.69, 9.17) is 9.47 Å². The molecule has 1 spiro atoms. The number of carboxylic acid groups (broad SMARTS) is 1. The number of likely N-dealkylation sites (tertiary alicyclic amines) is 1. The van der Waals surface area contributed by atoms with E-state index >= 15 is 0 Å². The molecule has 3 N–H and O–H groups in total. The molecule has 208 valence electrons. The number of nitrogens with zero attached hydrogens (tertiary/aromatic N) is 2. The Bertz CT molecular complexity index is 1490. The summed E-state index contributed by atoms with van der Waals surface area (Å²) in [5, 5.41) is 22.8. The van der Waals surface area contributed by atoms with Crippen molar-refractivity contribution in [2.75, 3.05) is 26.9 Å². The van der Waals surface area contributed by atoms with Crippen LogP contribution in [-0.4, -0.2) is 59.3 Å². The smallest absolute Gasteiger partial charge is 0.334 e. The maximum Gasteiger partial charge on any atom is 0.334 e. The number of piperidine rings is 1. The van der Waals surface area contributed by atoms with Crippen LogP contribution in [0.5, 0.6) is 5.75 Å². The highest BCUT2D eigenvalue weighted by atomic mass is 16.5. The number of benzene rings is 2. The molecule has 0 bridgehead atoms. The Morgan fingerprint density at radius 1 is 1.23 bits per heavy atom. The van der Waals surface area contributed by atoms with Gasteiger partial charge in [-0.1, -0.05) is 12.1 Å². The van der Waals surface area contributed by atoms with Crippen LogP contribution < -0.4 is 10.1 Å². The molecule has 2 saturated heterocycles. The number of ether oxygens (including phenoxy) is 2. The van der Waals surface area contributed by atoms with Gasteiger partial charge in [0.25, 0.3) is 5.91 Å². The van der Waals surface area contributed by atoms with E-state index in [9.17, 15) is 20.0 Å². The first-order valence-electron chi connectivity index (χ1n) is 13.8. The van der Waals surface area contributed by atoms with Gasteiger partial charge in [0.15, 0.2) is 5.54 Å². The molecule has 0 radical (unpaired) electrons. The average Bonchev–Trinajstić information content (AvgIpc) is 3.41. The molecule has 1 saturated carbocycles. The summed E-state index contributed by atoms with van der Waals surface area (Å²) >= 11 is 0. The second kappa shape index (κ2) is 9.95. The van der Waals surface area contributed by atoms with Gasteiger partial charge in [-0.05, 0) is 80.0 Å². The van der Waals surface area contributed by atoms with Crippen LogP contribution in [0.25, 0.3) is 10.9 Å². The fourth-order valence-electron chi connectivity index (χ4n) is 6.83. The Morgan fingerprint density at radius 2 is 1.98 bits per heavy atom. The first-order valence-corrected chi connectivity index (χ1v) is 13.8. The van der Waals surface area contributed by atoms with E-state index in [-0.39, 0.29) is 30.6 Å². The van der Waals surface area contributed by atoms with E-state index in [1.807, 2.05) is 18.3 Å². The van der Waals surface area contributed by atoms with E-state index in [0.717, 1.165) is 65.6 Å². The predicted molar refractivity (Wildman–Crippen MR) is 148 cm³/mol. The number of nitrogens with one attached hydrogen (secondary N) is 2. The van der Waals surface area contributed by atoms with Crippen LogP contribution in [-0.2, 0) is 16.1 Å². The molecule has 9 nitrogen and oxygen atoms in total. The zero-order valence-electron chi connectivity index (χ0n) is 22.8. The molecule has 1 unspecified atom stereocenters. The van der Waals surface area contributed by atoms with Crippen LogP contribution in [0, 0.1) is 29.6 Å². The number of rotatable bonds is 7. The van der Waals surface area contributed by atoms with Crippen LogP contribution in [0.3, 0.4) is 0 Å². The number of amides is 1. The average molecular weight is 543 g/mol. The van der Waals surface area contributed by atoms with Crippen molar-refractivity contribution in [2.24, 2.45) is 11.3 Å². The molecule has 2 aromatic carbocycles. The lowest BCUT2D eigenvalue weighted by molar-refractivity contribution is -0.164. The Hall–Kier alpha value is -3.87. The number of hydrogen-bond donors (Lipinski definition) is 3. The second-order valence-electron chi connectivity index (χ2n) is 11.8. The topological polar surface area (TPSA) is 128 Å². The number of methoxy groups -OCH3 is 1. The lowest BCUT2D eigenvalue weighted by Gasteiger charge is -2.53. The van der Waals surface area contributed by atoms with Crippen molar-refractivity contribution in [3.8, 4) is 11.8 Å². The number of carbonyl (C=O) groups is 2. The van der Waals surface area contributed by atoms with Gasteiger partial charge in [-0.25, -0.2) is 4.79 Å². The van der Waals surface area contributed by atoms with Gasteiger partial charge in [0.05, 0.1) is 26.4 Å². The lowest BCUT2D eigenvalue weighted by atomic mass is 9.56. The number of nitriles is 1. The monoisotopic (exact) mass is 542 g/mol. The summed E-state index contributed by atoms with van der Waals surface area (Å²) in [5.74, 6) is -0.515. The SMILES string of the molecule is COc1cc(C)c2[nH]ccc2c1CN1CCC2(CC(C#N)C2)CC1c1ccc(C(=O)NC2(C(=O)O)COC2)cc1. The van der Waals surface area contributed by atoms with Gasteiger partial charge in [0.2, 0.25) is 0 Å². The molecule has 1 atom stereocenters. The number of fused-ring (bicyclic) bond motifs is 1. The Kier molecular flexibility index (Phi) is 6.56. The minimum atomic E-state index is -1.36. The van der Waals surface area contributed by atoms with E-state index in [0.29, 0.717) is 12.1 Å². The number of aryl methyl sites for hydroxylation is 1. The molecule has 6 rings (SSSR count). The lowest BCUT2D eigenvalue weighted by Crippen LogP contribution is -2.67. The maximum absolute atomic E-state index is 12.9. The number of aromatic nitrogens is 1. The van der Waals surface area contributed by atoms with E-state index in [1.54, 1.807) is 19.2 Å². The predicted octanol–water partition coefficient (Wildman–Crippen LogP) is 4.33. The quantitative estimate of drug-likeness (QED) is 0.406. The summed E-state index contributed by atoms with van der Waals surface area (Å²) in [6.07, 6.45) is 5.83. The largest absolute Gasteiger partial charge is 0.496 e. The van der Waals surface area contributed by atoms with Crippen molar-refractivity contribution in [3.63, 3.8) is 0 Å². The molecule has 1 aromatic heterocycles. The van der Waals surface area contributed by atoms with Crippen LogP contribution in [0.4, 0.5) is 0 Å². The van der Waals surface area contributed by atoms with E-state index < -0.39 is 17.4 Å². The van der Waals surface area contributed by atoms with Gasteiger partial charge in [-0.15, -0.1) is 0 Å². The van der Waals surface area contributed by atoms with Crippen molar-refractivity contribution in [3.05, 3.63) is 64.8 Å². The van der Waals surface area contributed by atoms with Crippen molar-refractivity contribution in [1.82, 2.24) is 15.2 Å². The van der Waals surface area contributed by atoms with Crippen molar-refractivity contribution in [1.29, 1.82) is 5.26 Å². The fourth-order valence-corrected chi connectivity index (χ4v) is 6.83. The number of carbonyl (C=O) groups excluding carboxylic acids is 1. The molecule has 9 heteroatoms. The van der Waals surface area contributed by atoms with Crippen molar-refractivity contribution in [2.45, 2.75) is 50.7 Å². The number of carboxylic acids is 1. The van der Waals surface area contributed by atoms with Gasteiger partial charge < -0.3 is 24.9 Å². The second-order valence-corrected chi connectivity index (χ2v) is 11.8. The molecule has 40 heavy (non-hydrogen) atoms. The van der Waals surface area contributed by atoms with E-state index in [2.05, 4.69) is 40.3 Å². The number of aliphatic carboxylic acids is 1. The standard InChI is InChI=1S/C31H34N4O5/c1-19-11-26(39-2)24(23-7-9-33-27(19)23)16-35-10-8-30(12-20(13-30)15-32)14-25(35)21-3-5-22(6-4-21)28(36)34-31(29(37)38)17-40-18-31/h3-7,9,11,20,25,33H,8,10,12-14,16-18H2,1-2H3,(H,34,36)(H,37,38). The van der Waals surface area contributed by atoms with Crippen molar-refractivity contribution < 1.29 is 24.2 Å². The third-order valence-electron chi connectivity index (χ3n) is 9.25. The van der Waals surface area contributed by atoms with Crippen LogP contribution in [0.1, 0.15) is 58.8 Å². The van der Waals surface area contributed by atoms with Crippen LogP contribution in [0.15, 0.2) is 42.6 Å². The third-order valence-corrected chi connectivity index (χ3v) is 9.25. The molecule has 3 heterocycles. The molecule has 1 aliphatic carbocycles. The number of H-pyrrole nitrogens is 1. The Labute approximate surface area is 233 Å². The van der Waals surface area contributed by atoms with Crippen LogP contribution >= 0.6 is 0 Å². The first-order chi connectivity index (χ1) is 19.3. The van der Waals surface area contributed by atoms with Gasteiger partial charge in [-0.2, -0.15) is 5.26 Å². The fraction of sp³-hybridized carbons (Fsp3) is 0.452. The molecule has 1 amide bonds. The zero-order valence-corrected chi connectivity index (χ0v) is 22.8. The van der Waals surface area contributed by atoms with Crippen molar-refractivity contribution >= 4 is 22.8 Å². The molecule has 3 aliphatic rings. The third kappa shape index (κ3) is 4.41. The number of hydrogen-bond acceptors (Lipinski definition) is 6. The summed E-state index contributed by atoms with van der Waals surface area (Å²) in [7, 11) is 1.71. The normalized spacial score (nSPS) is 25.5. The summed E-state index contributed by atoms with van der Waals surface area (Å²) in [4.78, 5) is 30.4. The maximum atomic E-state index is 12.9. The van der Waals surface area contributed by atoms with Gasteiger partial charge in [0.1, 0.15) is 5.75 Å².